The van der Waals surface area contributed by atoms with Crippen LogP contribution in [0.4, 0.5) is 4.39 Å². The molecule has 4 fully saturated rings. The van der Waals surface area contributed by atoms with Gasteiger partial charge < -0.3 is 16.4 Å². The summed E-state index contributed by atoms with van der Waals surface area (Å²) in [7, 11) is 2.01. The topological polar surface area (TPSA) is 122 Å². The minimum Gasteiger partial charge on any atom is -0.351 e. The summed E-state index contributed by atoms with van der Waals surface area (Å²) in [6.45, 7) is 2.88. The van der Waals surface area contributed by atoms with Gasteiger partial charge in [0.2, 0.25) is 5.91 Å². The van der Waals surface area contributed by atoms with E-state index in [9.17, 15) is 9.18 Å². The Hall–Kier alpha value is -0.920. The zero-order valence-corrected chi connectivity index (χ0v) is 15.0. The lowest BCUT2D eigenvalue weighted by Crippen LogP contribution is -2.62. The number of nitrogens with one attached hydrogen (secondary N) is 6. The van der Waals surface area contributed by atoms with Crippen molar-refractivity contribution in [3.05, 3.63) is 0 Å². The highest BCUT2D eigenvalue weighted by molar-refractivity contribution is 5.80. The molecule has 7 unspecified atom stereocenters. The van der Waals surface area contributed by atoms with Crippen LogP contribution in [0.5, 0.6) is 0 Å². The molecule has 4 saturated heterocycles. The Kier molecular flexibility index (Phi) is 5.39. The highest BCUT2D eigenvalue weighted by Gasteiger charge is 2.48. The Bertz CT molecular complexity index is 525. The summed E-state index contributed by atoms with van der Waals surface area (Å²) in [5, 5.41) is 16.9. The number of amides is 1. The van der Waals surface area contributed by atoms with Crippen molar-refractivity contribution in [1.29, 1.82) is 0 Å². The van der Waals surface area contributed by atoms with E-state index in [0.717, 1.165) is 26.2 Å². The number of halogens is 1. The van der Waals surface area contributed by atoms with Crippen LogP contribution < -0.4 is 37.9 Å². The molecule has 4 aliphatic rings. The van der Waals surface area contributed by atoms with Crippen molar-refractivity contribution >= 4 is 5.91 Å². The molecule has 0 aliphatic carbocycles. The molecule has 0 aromatic heterocycles. The lowest BCUT2D eigenvalue weighted by molar-refractivity contribution is -0.128. The van der Waals surface area contributed by atoms with E-state index >= 15 is 0 Å². The fraction of sp³-hybridized carbons (Fsp3) is 0.933. The van der Waals surface area contributed by atoms with E-state index in [0.29, 0.717) is 0 Å². The van der Waals surface area contributed by atoms with Gasteiger partial charge in [-0.1, -0.05) is 0 Å². The van der Waals surface area contributed by atoms with Gasteiger partial charge in [0.25, 0.3) is 0 Å². The second-order valence-electron chi connectivity index (χ2n) is 7.65. The summed E-state index contributed by atoms with van der Waals surface area (Å²) in [6.07, 6.45) is -0.616. The number of hydrogen-bond donors (Lipinski definition) is 7. The first-order valence-corrected chi connectivity index (χ1v) is 9.41. The predicted molar refractivity (Wildman–Crippen MR) is 93.6 cm³/mol. The molecule has 0 spiro atoms. The molecule has 0 aromatic carbocycles. The minimum absolute atomic E-state index is 0.00913. The molecule has 0 aromatic rings. The molecule has 4 heterocycles. The molecular formula is C15H30FN9O. The van der Waals surface area contributed by atoms with E-state index in [1.54, 1.807) is 5.01 Å². The Balaban J connectivity index is 1.42. The normalized spacial score (nSPS) is 44.8. The molecule has 148 valence electrons. The largest absolute Gasteiger partial charge is 0.351 e. The van der Waals surface area contributed by atoms with E-state index in [1.165, 1.54) is 0 Å². The van der Waals surface area contributed by atoms with Crippen molar-refractivity contribution in [2.75, 3.05) is 39.9 Å². The Morgan fingerprint density at radius 1 is 1.27 bits per heavy atom. The van der Waals surface area contributed by atoms with Crippen LogP contribution in [0.25, 0.3) is 0 Å². The number of fused-ring (bicyclic) bond motifs is 1. The van der Waals surface area contributed by atoms with Crippen molar-refractivity contribution in [2.45, 2.75) is 37.1 Å². The molecule has 8 N–H and O–H groups in total. The number of carbonyl (C=O) groups is 1. The third kappa shape index (κ3) is 3.45. The Morgan fingerprint density at radius 2 is 2.12 bits per heavy atom. The van der Waals surface area contributed by atoms with Gasteiger partial charge in [-0.3, -0.25) is 15.4 Å². The van der Waals surface area contributed by atoms with Crippen molar-refractivity contribution in [2.24, 2.45) is 17.6 Å². The van der Waals surface area contributed by atoms with Gasteiger partial charge in [0, 0.05) is 38.6 Å². The number of nitrogens with zero attached hydrogens (tertiary/aromatic N) is 2. The second kappa shape index (κ2) is 7.60. The molecule has 4 aliphatic heterocycles. The molecule has 11 heteroatoms. The average molecular weight is 371 g/mol. The molecule has 0 radical (unpaired) electrons. The van der Waals surface area contributed by atoms with Crippen LogP contribution in [0.15, 0.2) is 0 Å². The van der Waals surface area contributed by atoms with Gasteiger partial charge in [-0.25, -0.2) is 25.3 Å². The van der Waals surface area contributed by atoms with Gasteiger partial charge in [-0.05, 0) is 13.0 Å². The number of piperidine rings is 1. The fourth-order valence-corrected chi connectivity index (χ4v) is 4.62. The van der Waals surface area contributed by atoms with Gasteiger partial charge in [0.05, 0.1) is 31.1 Å². The fourth-order valence-electron chi connectivity index (χ4n) is 4.62. The standard InChI is InChI=1S/C15H30FN9O/c1-24-13(20-7-21-24)9-2-3-18-5-10(9)22-15(26)11-12(17)23-25-6-8(16)4-19-14(11)25/h8-14,18-21,23H,2-7,17H2,1H3,(H,22,26). The van der Waals surface area contributed by atoms with Gasteiger partial charge >= 0.3 is 0 Å². The monoisotopic (exact) mass is 371 g/mol. The summed E-state index contributed by atoms with van der Waals surface area (Å²) < 4.78 is 13.6. The lowest BCUT2D eigenvalue weighted by atomic mass is 9.88. The van der Waals surface area contributed by atoms with E-state index < -0.39 is 18.3 Å². The van der Waals surface area contributed by atoms with E-state index in [1.807, 2.05) is 7.05 Å². The van der Waals surface area contributed by atoms with E-state index in [2.05, 4.69) is 37.1 Å². The summed E-state index contributed by atoms with van der Waals surface area (Å²) in [5.74, 6) is -0.261. The quantitative estimate of drug-likeness (QED) is 0.270. The van der Waals surface area contributed by atoms with Crippen LogP contribution in [-0.4, -0.2) is 86.5 Å². The summed E-state index contributed by atoms with van der Waals surface area (Å²) in [5.41, 5.74) is 12.4. The van der Waals surface area contributed by atoms with Gasteiger partial charge in [-0.15, -0.1) is 0 Å². The Morgan fingerprint density at radius 3 is 2.88 bits per heavy atom. The molecule has 10 nitrogen and oxygen atoms in total. The highest BCUT2D eigenvalue weighted by Crippen LogP contribution is 2.24. The molecule has 4 rings (SSSR count). The van der Waals surface area contributed by atoms with Crippen LogP contribution >= 0.6 is 0 Å². The first-order valence-electron chi connectivity index (χ1n) is 9.41. The van der Waals surface area contributed by atoms with Crippen LogP contribution in [-0.2, 0) is 4.79 Å². The van der Waals surface area contributed by atoms with E-state index in [4.69, 9.17) is 5.73 Å². The molecule has 1 amide bonds. The minimum atomic E-state index is -0.962. The smallest absolute Gasteiger partial charge is 0.229 e. The summed E-state index contributed by atoms with van der Waals surface area (Å²) in [6, 6.07) is 0.00913. The number of carbonyl (C=O) groups excluding carboxylic acids is 1. The second-order valence-corrected chi connectivity index (χ2v) is 7.65. The number of hydrazine groups is 2. The molecule has 7 atom stereocenters. The number of alkyl halides is 1. The van der Waals surface area contributed by atoms with Crippen molar-refractivity contribution in [3.63, 3.8) is 0 Å². The maximum Gasteiger partial charge on any atom is 0.229 e. The van der Waals surface area contributed by atoms with Crippen LogP contribution in [0.1, 0.15) is 6.42 Å². The van der Waals surface area contributed by atoms with Crippen LogP contribution in [0.3, 0.4) is 0 Å². The Labute approximate surface area is 152 Å². The van der Waals surface area contributed by atoms with E-state index in [-0.39, 0.29) is 43.3 Å². The zero-order chi connectivity index (χ0) is 18.3. The van der Waals surface area contributed by atoms with Crippen LogP contribution in [0, 0.1) is 11.8 Å². The van der Waals surface area contributed by atoms with Gasteiger partial charge in [-0.2, -0.15) is 0 Å². The molecule has 0 saturated carbocycles. The summed E-state index contributed by atoms with van der Waals surface area (Å²) >= 11 is 0. The first kappa shape index (κ1) is 18.4. The first-order chi connectivity index (χ1) is 12.5. The van der Waals surface area contributed by atoms with Crippen molar-refractivity contribution < 1.29 is 9.18 Å². The number of hydrogen-bond acceptors (Lipinski definition) is 9. The van der Waals surface area contributed by atoms with Crippen molar-refractivity contribution in [3.8, 4) is 0 Å². The highest BCUT2D eigenvalue weighted by atomic mass is 19.1. The number of nitrogens with two attached hydrogens (primary N) is 1. The van der Waals surface area contributed by atoms with Gasteiger partial charge in [0.1, 0.15) is 6.17 Å². The number of rotatable bonds is 3. The maximum absolute atomic E-state index is 13.6. The molecular weight excluding hydrogens is 341 g/mol. The zero-order valence-electron chi connectivity index (χ0n) is 15.0. The lowest BCUT2D eigenvalue weighted by Gasteiger charge is -2.39. The maximum atomic E-state index is 13.6. The third-order valence-electron chi connectivity index (χ3n) is 5.95. The molecule has 0 bridgehead atoms. The van der Waals surface area contributed by atoms with Gasteiger partial charge in [0.15, 0.2) is 0 Å². The average Bonchev–Trinajstić information content (AvgIpc) is 3.17. The third-order valence-corrected chi connectivity index (χ3v) is 5.95. The molecule has 26 heavy (non-hydrogen) atoms. The summed E-state index contributed by atoms with van der Waals surface area (Å²) in [4.78, 5) is 13.0. The van der Waals surface area contributed by atoms with Crippen molar-refractivity contribution in [1.82, 2.24) is 42.1 Å². The van der Waals surface area contributed by atoms with Crippen LogP contribution in [0.2, 0.25) is 0 Å². The SMILES string of the molecule is CN1NCNC1C1CCNCC1NC(=O)C1C(N)NN2CC(F)CNC12. The predicted octanol–water partition coefficient (Wildman–Crippen LogP) is -3.61.